The Morgan fingerprint density at radius 2 is 1.97 bits per heavy atom. The number of hydrogen-bond donors (Lipinski definition) is 1. The number of thioether (sulfide) groups is 1. The van der Waals surface area contributed by atoms with Crippen LogP contribution in [0.3, 0.4) is 0 Å². The molecule has 0 aliphatic heterocycles. The number of allylic oxidation sites excluding steroid dienone is 1. The van der Waals surface area contributed by atoms with Crippen LogP contribution in [0.15, 0.2) is 42.1 Å². The van der Waals surface area contributed by atoms with Crippen LogP contribution in [0.2, 0.25) is 0 Å². The lowest BCUT2D eigenvalue weighted by atomic mass is 10.1. The number of rotatable bonds is 11. The second kappa shape index (κ2) is 12.5. The first-order chi connectivity index (χ1) is 17.7. The van der Waals surface area contributed by atoms with Crippen molar-refractivity contribution in [2.45, 2.75) is 25.5 Å². The Morgan fingerprint density at radius 1 is 1.24 bits per heavy atom. The fourth-order valence-corrected chi connectivity index (χ4v) is 5.45. The van der Waals surface area contributed by atoms with E-state index in [2.05, 4.69) is 22.1 Å². The first-order valence-corrected chi connectivity index (χ1v) is 13.2. The molecular formula is C25H29N5O5S2. The molecule has 2 amide bonds. The summed E-state index contributed by atoms with van der Waals surface area (Å²) in [6.45, 7) is 8.32. The number of benzene rings is 1. The van der Waals surface area contributed by atoms with E-state index in [9.17, 15) is 14.4 Å². The summed E-state index contributed by atoms with van der Waals surface area (Å²) in [4.78, 5) is 39.6. The molecule has 37 heavy (non-hydrogen) atoms. The summed E-state index contributed by atoms with van der Waals surface area (Å²) in [7, 11) is 4.49. The molecule has 0 saturated heterocycles. The smallest absolute Gasteiger partial charge is 0.341 e. The largest absolute Gasteiger partial charge is 0.493 e. The zero-order valence-electron chi connectivity index (χ0n) is 21.4. The summed E-state index contributed by atoms with van der Waals surface area (Å²) >= 11 is 2.23. The van der Waals surface area contributed by atoms with Crippen LogP contribution < -0.4 is 10.1 Å². The summed E-state index contributed by atoms with van der Waals surface area (Å²) < 4.78 is 12.5. The Labute approximate surface area is 223 Å². The van der Waals surface area contributed by atoms with Crippen LogP contribution in [-0.4, -0.2) is 71.0 Å². The van der Waals surface area contributed by atoms with E-state index in [1.54, 1.807) is 27.1 Å². The number of hydrogen-bond acceptors (Lipinski definition) is 9. The van der Waals surface area contributed by atoms with Gasteiger partial charge in [0.2, 0.25) is 5.91 Å². The lowest BCUT2D eigenvalue weighted by Gasteiger charge is -2.11. The third kappa shape index (κ3) is 6.20. The second-order valence-corrected chi connectivity index (χ2v) is 9.89. The third-order valence-corrected chi connectivity index (χ3v) is 7.34. The van der Waals surface area contributed by atoms with Gasteiger partial charge in [-0.25, -0.2) is 4.79 Å². The zero-order chi connectivity index (χ0) is 27.1. The third-order valence-electron chi connectivity index (χ3n) is 5.18. The number of nitrogens with one attached hydrogen (secondary N) is 1. The molecule has 0 spiro atoms. The number of aromatic nitrogens is 3. The van der Waals surface area contributed by atoms with E-state index >= 15 is 0 Å². The summed E-state index contributed by atoms with van der Waals surface area (Å²) in [5.41, 5.74) is 1.41. The highest BCUT2D eigenvalue weighted by molar-refractivity contribution is 7.99. The number of carbonyl (C=O) groups is 3. The van der Waals surface area contributed by atoms with Gasteiger partial charge in [0.1, 0.15) is 10.8 Å². The first kappa shape index (κ1) is 27.9. The van der Waals surface area contributed by atoms with Crippen molar-refractivity contribution in [3.05, 3.63) is 52.9 Å². The van der Waals surface area contributed by atoms with Gasteiger partial charge < -0.3 is 19.7 Å². The average Bonchev–Trinajstić information content (AvgIpc) is 3.42. The number of esters is 1. The SMILES string of the molecule is C=CCn1c(SCC(=O)Nc2sc(C(=O)N(C)C)c(C)c2C(=O)OC)nnc1-c1ccccc1OCC. The van der Waals surface area contributed by atoms with Crippen LogP contribution in [0.4, 0.5) is 5.00 Å². The van der Waals surface area contributed by atoms with Gasteiger partial charge >= 0.3 is 5.97 Å². The maximum Gasteiger partial charge on any atom is 0.341 e. The Kier molecular flexibility index (Phi) is 9.48. The van der Waals surface area contributed by atoms with Gasteiger partial charge in [0, 0.05) is 20.6 Å². The van der Waals surface area contributed by atoms with Crippen LogP contribution in [0.5, 0.6) is 5.75 Å². The van der Waals surface area contributed by atoms with Crippen molar-refractivity contribution in [3.63, 3.8) is 0 Å². The Hall–Kier alpha value is -3.64. The van der Waals surface area contributed by atoms with E-state index < -0.39 is 5.97 Å². The molecule has 2 aromatic heterocycles. The van der Waals surface area contributed by atoms with E-state index in [1.165, 1.54) is 23.8 Å². The number of para-hydroxylation sites is 1. The molecule has 2 heterocycles. The predicted molar refractivity (Wildman–Crippen MR) is 145 cm³/mol. The van der Waals surface area contributed by atoms with E-state index in [0.717, 1.165) is 16.9 Å². The Balaban J connectivity index is 1.83. The normalized spacial score (nSPS) is 10.6. The molecule has 3 rings (SSSR count). The number of nitrogens with zero attached hydrogens (tertiary/aromatic N) is 4. The van der Waals surface area contributed by atoms with Crippen molar-refractivity contribution >= 4 is 45.9 Å². The highest BCUT2D eigenvalue weighted by Gasteiger charge is 2.27. The van der Waals surface area contributed by atoms with Gasteiger partial charge in [0.05, 0.1) is 35.5 Å². The van der Waals surface area contributed by atoms with Gasteiger partial charge in [-0.3, -0.25) is 14.2 Å². The van der Waals surface area contributed by atoms with E-state index in [4.69, 9.17) is 9.47 Å². The number of carbonyl (C=O) groups excluding carboxylic acids is 3. The Morgan fingerprint density at radius 3 is 2.62 bits per heavy atom. The molecule has 0 unspecified atom stereocenters. The van der Waals surface area contributed by atoms with Gasteiger partial charge in [-0.1, -0.05) is 30.0 Å². The summed E-state index contributed by atoms with van der Waals surface area (Å²) in [5.74, 6) is 0.0168. The molecule has 1 aromatic carbocycles. The molecule has 12 heteroatoms. The molecule has 3 aromatic rings. The maximum atomic E-state index is 12.9. The molecule has 0 aliphatic carbocycles. The molecule has 0 bridgehead atoms. The van der Waals surface area contributed by atoms with Crippen molar-refractivity contribution in [1.82, 2.24) is 19.7 Å². The van der Waals surface area contributed by atoms with E-state index in [0.29, 0.717) is 40.3 Å². The topological polar surface area (TPSA) is 116 Å². The molecule has 0 radical (unpaired) electrons. The minimum absolute atomic E-state index is 0.00307. The molecule has 196 valence electrons. The second-order valence-electron chi connectivity index (χ2n) is 7.92. The van der Waals surface area contributed by atoms with Crippen LogP contribution in [-0.2, 0) is 16.1 Å². The van der Waals surface area contributed by atoms with Gasteiger partial charge in [0.25, 0.3) is 5.91 Å². The van der Waals surface area contributed by atoms with Gasteiger partial charge in [-0.05, 0) is 31.5 Å². The van der Waals surface area contributed by atoms with Crippen molar-refractivity contribution in [1.29, 1.82) is 0 Å². The number of ether oxygens (including phenoxy) is 2. The molecule has 0 atom stereocenters. The molecule has 0 fully saturated rings. The summed E-state index contributed by atoms with van der Waals surface area (Å²) in [6, 6.07) is 7.54. The van der Waals surface area contributed by atoms with Crippen LogP contribution >= 0.6 is 23.1 Å². The lowest BCUT2D eigenvalue weighted by molar-refractivity contribution is -0.113. The number of thiophene rings is 1. The molecule has 10 nitrogen and oxygen atoms in total. The van der Waals surface area contributed by atoms with Crippen molar-refractivity contribution in [2.24, 2.45) is 0 Å². The highest BCUT2D eigenvalue weighted by Crippen LogP contribution is 2.35. The predicted octanol–water partition coefficient (Wildman–Crippen LogP) is 4.12. The first-order valence-electron chi connectivity index (χ1n) is 11.4. The lowest BCUT2D eigenvalue weighted by Crippen LogP contribution is -2.21. The molecular weight excluding hydrogens is 514 g/mol. The molecule has 1 N–H and O–H groups in total. The monoisotopic (exact) mass is 543 g/mol. The quantitative estimate of drug-likeness (QED) is 0.218. The van der Waals surface area contributed by atoms with Crippen LogP contribution in [0, 0.1) is 6.92 Å². The van der Waals surface area contributed by atoms with Crippen LogP contribution in [0.1, 0.15) is 32.5 Å². The number of anilines is 1. The average molecular weight is 544 g/mol. The van der Waals surface area contributed by atoms with E-state index in [-0.39, 0.29) is 28.1 Å². The minimum atomic E-state index is -0.627. The summed E-state index contributed by atoms with van der Waals surface area (Å²) in [5, 5.41) is 12.2. The zero-order valence-corrected chi connectivity index (χ0v) is 23.0. The van der Waals surface area contributed by atoms with Gasteiger partial charge in [0.15, 0.2) is 11.0 Å². The maximum absolute atomic E-state index is 12.9. The standard InChI is InChI=1S/C25H29N5O5S2/c1-7-13-30-21(16-11-9-10-12-17(16)35-8-2)27-28-25(30)36-14-18(31)26-22-19(24(33)34-6)15(3)20(37-22)23(32)29(4)5/h7,9-12H,1,8,13-14H2,2-6H3,(H,26,31). The fraction of sp³-hybridized carbons (Fsp3) is 0.320. The Bertz CT molecular complexity index is 1310. The molecule has 0 saturated carbocycles. The number of amides is 2. The van der Waals surface area contributed by atoms with Crippen molar-refractivity contribution in [2.75, 3.05) is 38.9 Å². The fourth-order valence-electron chi connectivity index (χ4n) is 3.47. The summed E-state index contributed by atoms with van der Waals surface area (Å²) in [6.07, 6.45) is 1.72. The van der Waals surface area contributed by atoms with E-state index in [1.807, 2.05) is 35.8 Å². The molecule has 0 aliphatic rings. The van der Waals surface area contributed by atoms with Crippen molar-refractivity contribution < 1.29 is 23.9 Å². The highest BCUT2D eigenvalue weighted by atomic mass is 32.2. The van der Waals surface area contributed by atoms with Gasteiger partial charge in [-0.15, -0.1) is 28.1 Å². The van der Waals surface area contributed by atoms with Gasteiger partial charge in [-0.2, -0.15) is 0 Å². The number of methoxy groups -OCH3 is 1. The van der Waals surface area contributed by atoms with Crippen molar-refractivity contribution in [3.8, 4) is 17.1 Å². The van der Waals surface area contributed by atoms with Crippen LogP contribution in [0.25, 0.3) is 11.4 Å². The minimum Gasteiger partial charge on any atom is -0.493 e.